The van der Waals surface area contributed by atoms with E-state index in [4.69, 9.17) is 4.55 Å². The Balaban J connectivity index is 2.29. The third-order valence-electron chi connectivity index (χ3n) is 2.65. The minimum atomic E-state index is -4.73. The third-order valence-corrected chi connectivity index (χ3v) is 3.81. The van der Waals surface area contributed by atoms with E-state index in [9.17, 15) is 12.8 Å². The summed E-state index contributed by atoms with van der Waals surface area (Å²) in [5.74, 6) is 0. The highest BCUT2D eigenvalue weighted by molar-refractivity contribution is 7.87. The second-order valence-electron chi connectivity index (χ2n) is 3.82. The van der Waals surface area contributed by atoms with Gasteiger partial charge in [-0.15, -0.1) is 0 Å². The predicted octanol–water partition coefficient (Wildman–Crippen LogP) is 2.58. The smallest absolute Gasteiger partial charge is 0.283 e. The Hall–Kier alpha value is -1.46. The minimum Gasteiger partial charge on any atom is -0.283 e. The van der Waals surface area contributed by atoms with Gasteiger partial charge in [0.15, 0.2) is 0 Å². The van der Waals surface area contributed by atoms with Crippen LogP contribution in [0.3, 0.4) is 0 Å². The summed E-state index contributed by atoms with van der Waals surface area (Å²) in [6.07, 6.45) is 3.33. The fourth-order valence-corrected chi connectivity index (χ4v) is 2.17. The molecule has 0 aliphatic heterocycles. The van der Waals surface area contributed by atoms with Gasteiger partial charge in [0.2, 0.25) is 0 Å². The van der Waals surface area contributed by atoms with Crippen molar-refractivity contribution in [3.05, 3.63) is 54.1 Å². The average Bonchev–Trinajstić information content (AvgIpc) is 2.30. The third kappa shape index (κ3) is 2.30. The Kier molecular flexibility index (Phi) is 2.89. The summed E-state index contributed by atoms with van der Waals surface area (Å²) in [6.45, 7) is 0. The highest BCUT2D eigenvalue weighted by Gasteiger charge is 2.41. The molecular formula is C12H11FO3S. The monoisotopic (exact) mass is 254 g/mol. The van der Waals surface area contributed by atoms with E-state index < -0.39 is 15.1 Å². The number of hydrogen-bond donors (Lipinski definition) is 1. The maximum atomic E-state index is 13.8. The molecule has 0 radical (unpaired) electrons. The largest absolute Gasteiger partial charge is 0.304 e. The fraction of sp³-hybridized carbons (Fsp3) is 0.167. The van der Waals surface area contributed by atoms with Crippen LogP contribution in [0.5, 0.6) is 0 Å². The molecule has 0 fully saturated rings. The van der Waals surface area contributed by atoms with Gasteiger partial charge in [0.05, 0.1) is 0 Å². The number of rotatable bonds is 2. The zero-order chi connectivity index (χ0) is 12.5. The van der Waals surface area contributed by atoms with Gasteiger partial charge in [-0.25, -0.2) is 4.39 Å². The molecule has 1 unspecified atom stereocenters. The number of benzene rings is 1. The second-order valence-corrected chi connectivity index (χ2v) is 5.45. The van der Waals surface area contributed by atoms with Crippen LogP contribution in [-0.4, -0.2) is 18.0 Å². The van der Waals surface area contributed by atoms with Crippen molar-refractivity contribution in [3.63, 3.8) is 0 Å². The van der Waals surface area contributed by atoms with Crippen molar-refractivity contribution in [2.24, 2.45) is 0 Å². The topological polar surface area (TPSA) is 54.4 Å². The highest BCUT2D eigenvalue weighted by atomic mass is 32.2. The van der Waals surface area contributed by atoms with Crippen molar-refractivity contribution >= 4 is 15.7 Å². The molecule has 1 aliphatic rings. The van der Waals surface area contributed by atoms with Crippen LogP contribution in [0.1, 0.15) is 12.0 Å². The van der Waals surface area contributed by atoms with Crippen LogP contribution in [0.2, 0.25) is 0 Å². The maximum absolute atomic E-state index is 13.8. The van der Waals surface area contributed by atoms with E-state index in [1.54, 1.807) is 0 Å². The molecule has 2 rings (SSSR count). The maximum Gasteiger partial charge on any atom is 0.304 e. The van der Waals surface area contributed by atoms with Gasteiger partial charge in [-0.2, -0.15) is 8.42 Å². The lowest BCUT2D eigenvalue weighted by atomic mass is 9.99. The van der Waals surface area contributed by atoms with Crippen LogP contribution in [0.15, 0.2) is 48.6 Å². The Morgan fingerprint density at radius 1 is 1.24 bits per heavy atom. The quantitative estimate of drug-likeness (QED) is 0.825. The van der Waals surface area contributed by atoms with Gasteiger partial charge >= 0.3 is 10.1 Å². The van der Waals surface area contributed by atoms with Crippen molar-refractivity contribution in [1.82, 2.24) is 0 Å². The van der Waals surface area contributed by atoms with Gasteiger partial charge in [0.1, 0.15) is 0 Å². The van der Waals surface area contributed by atoms with Gasteiger partial charge in [0, 0.05) is 6.42 Å². The number of allylic oxidation sites excluding steroid dienone is 3. The van der Waals surface area contributed by atoms with Crippen LogP contribution in [0, 0.1) is 0 Å². The summed E-state index contributed by atoms with van der Waals surface area (Å²) in [5.41, 5.74) is 1.61. The van der Waals surface area contributed by atoms with Gasteiger partial charge in [-0.05, 0) is 17.2 Å². The Morgan fingerprint density at radius 3 is 2.35 bits per heavy atom. The molecule has 17 heavy (non-hydrogen) atoms. The molecule has 0 amide bonds. The first-order valence-electron chi connectivity index (χ1n) is 5.03. The predicted molar refractivity (Wildman–Crippen MR) is 63.6 cm³/mol. The van der Waals surface area contributed by atoms with E-state index in [-0.39, 0.29) is 6.42 Å². The molecule has 0 bridgehead atoms. The molecule has 0 aromatic heterocycles. The Morgan fingerprint density at radius 2 is 1.88 bits per heavy atom. The second kappa shape index (κ2) is 4.09. The van der Waals surface area contributed by atoms with E-state index >= 15 is 0 Å². The summed E-state index contributed by atoms with van der Waals surface area (Å²) in [5, 5.41) is -2.70. The number of hydrogen-bond acceptors (Lipinski definition) is 2. The van der Waals surface area contributed by atoms with Crippen LogP contribution >= 0.6 is 0 Å². The number of halogens is 1. The Labute approximate surface area is 99.0 Å². The van der Waals surface area contributed by atoms with E-state index in [2.05, 4.69) is 0 Å². The molecule has 3 nitrogen and oxygen atoms in total. The standard InChI is InChI=1S/C12H11FO3S/c13-12(17(14,15)16)8-6-11(7-9-12)10-4-2-1-3-5-10/h1-8H,9H2,(H,14,15,16). The zero-order valence-corrected chi connectivity index (χ0v) is 9.69. The first kappa shape index (κ1) is 12.0. The van der Waals surface area contributed by atoms with Crippen molar-refractivity contribution in [1.29, 1.82) is 0 Å². The van der Waals surface area contributed by atoms with Crippen molar-refractivity contribution in [3.8, 4) is 0 Å². The number of alkyl halides is 1. The molecule has 1 N–H and O–H groups in total. The molecule has 1 atom stereocenters. The molecule has 1 aliphatic carbocycles. The van der Waals surface area contributed by atoms with E-state index in [1.807, 2.05) is 30.3 Å². The summed E-state index contributed by atoms with van der Waals surface area (Å²) >= 11 is 0. The van der Waals surface area contributed by atoms with Crippen LogP contribution in [-0.2, 0) is 10.1 Å². The zero-order valence-electron chi connectivity index (χ0n) is 8.88. The van der Waals surface area contributed by atoms with Gasteiger partial charge in [-0.3, -0.25) is 4.55 Å². The van der Waals surface area contributed by atoms with Crippen LogP contribution in [0.25, 0.3) is 5.57 Å². The molecule has 0 saturated heterocycles. The normalized spacial score (nSPS) is 24.5. The van der Waals surface area contributed by atoms with Crippen LogP contribution in [0.4, 0.5) is 4.39 Å². The average molecular weight is 254 g/mol. The molecule has 0 spiro atoms. The lowest BCUT2D eigenvalue weighted by molar-refractivity contribution is 0.301. The van der Waals surface area contributed by atoms with Gasteiger partial charge in [0.25, 0.3) is 5.00 Å². The Bertz CT molecular complexity index is 575. The first-order chi connectivity index (χ1) is 7.92. The van der Waals surface area contributed by atoms with Crippen molar-refractivity contribution < 1.29 is 17.4 Å². The molecule has 90 valence electrons. The van der Waals surface area contributed by atoms with E-state index in [1.165, 1.54) is 12.2 Å². The summed E-state index contributed by atoms with van der Waals surface area (Å²) in [6, 6.07) is 9.21. The van der Waals surface area contributed by atoms with E-state index in [0.29, 0.717) is 0 Å². The SMILES string of the molecule is O=S(=O)(O)C1(F)C=CC(c2ccccc2)=CC1. The molecular weight excluding hydrogens is 243 g/mol. The van der Waals surface area contributed by atoms with E-state index in [0.717, 1.165) is 17.2 Å². The van der Waals surface area contributed by atoms with Gasteiger partial charge < -0.3 is 0 Å². The first-order valence-corrected chi connectivity index (χ1v) is 6.47. The van der Waals surface area contributed by atoms with Crippen molar-refractivity contribution in [2.45, 2.75) is 11.4 Å². The highest BCUT2D eigenvalue weighted by Crippen LogP contribution is 2.32. The molecule has 1 aromatic carbocycles. The lowest BCUT2D eigenvalue weighted by Gasteiger charge is -2.20. The van der Waals surface area contributed by atoms with Crippen LogP contribution < -0.4 is 0 Å². The molecule has 0 heterocycles. The fourth-order valence-electron chi connectivity index (χ4n) is 1.64. The lowest BCUT2D eigenvalue weighted by Crippen LogP contribution is -2.31. The summed E-state index contributed by atoms with van der Waals surface area (Å²) in [7, 11) is -4.73. The molecule has 5 heteroatoms. The van der Waals surface area contributed by atoms with Crippen molar-refractivity contribution in [2.75, 3.05) is 0 Å². The summed E-state index contributed by atoms with van der Waals surface area (Å²) in [4.78, 5) is 0. The summed E-state index contributed by atoms with van der Waals surface area (Å²) < 4.78 is 44.3. The molecule has 0 saturated carbocycles. The van der Waals surface area contributed by atoms with Gasteiger partial charge in [-0.1, -0.05) is 42.5 Å². The molecule has 1 aromatic rings. The minimum absolute atomic E-state index is 0.382.